The highest BCUT2D eigenvalue weighted by Gasteiger charge is 2.42. The maximum absolute atomic E-state index is 12.0. The Morgan fingerprint density at radius 2 is 2.31 bits per heavy atom. The molecule has 2 aliphatic rings. The van der Waals surface area contributed by atoms with E-state index in [9.17, 15) is 4.79 Å². The van der Waals surface area contributed by atoms with E-state index in [4.69, 9.17) is 4.74 Å². The summed E-state index contributed by atoms with van der Waals surface area (Å²) < 4.78 is 5.01. The van der Waals surface area contributed by atoms with Gasteiger partial charge in [-0.15, -0.1) is 0 Å². The highest BCUT2D eigenvalue weighted by molar-refractivity contribution is 9.09. The van der Waals surface area contributed by atoms with E-state index in [1.165, 1.54) is 19.3 Å². The van der Waals surface area contributed by atoms with Gasteiger partial charge in [0.15, 0.2) is 0 Å². The second-order valence-electron chi connectivity index (χ2n) is 5.08. The first-order chi connectivity index (χ1) is 7.70. The molecule has 92 valence electrons. The Labute approximate surface area is 105 Å². The van der Waals surface area contributed by atoms with E-state index in [1.54, 1.807) is 7.11 Å². The number of methoxy groups -OCH3 is 1. The molecule has 2 saturated carbocycles. The van der Waals surface area contributed by atoms with Crippen molar-refractivity contribution in [1.29, 1.82) is 0 Å². The molecular weight excluding hydrogens is 270 g/mol. The quantitative estimate of drug-likeness (QED) is 0.786. The average molecular weight is 290 g/mol. The van der Waals surface area contributed by atoms with Crippen molar-refractivity contribution in [3.05, 3.63) is 0 Å². The number of hydrogen-bond acceptors (Lipinski definition) is 2. The van der Waals surface area contributed by atoms with Gasteiger partial charge in [-0.05, 0) is 31.1 Å². The Balaban J connectivity index is 1.72. The van der Waals surface area contributed by atoms with Crippen LogP contribution >= 0.6 is 15.9 Å². The molecule has 0 radical (unpaired) electrons. The van der Waals surface area contributed by atoms with Crippen LogP contribution in [0.2, 0.25) is 0 Å². The zero-order chi connectivity index (χ0) is 11.5. The van der Waals surface area contributed by atoms with E-state index in [2.05, 4.69) is 21.2 Å². The fourth-order valence-electron chi connectivity index (χ4n) is 3.15. The van der Waals surface area contributed by atoms with Crippen molar-refractivity contribution in [2.24, 2.45) is 17.8 Å². The number of carbonyl (C=O) groups excluding carboxylic acids is 1. The third-order valence-electron chi connectivity index (χ3n) is 3.92. The Morgan fingerprint density at radius 1 is 1.50 bits per heavy atom. The lowest BCUT2D eigenvalue weighted by atomic mass is 9.88. The third-order valence-corrected chi connectivity index (χ3v) is 4.51. The van der Waals surface area contributed by atoms with E-state index >= 15 is 0 Å². The van der Waals surface area contributed by atoms with Crippen LogP contribution in [0.1, 0.15) is 25.7 Å². The zero-order valence-corrected chi connectivity index (χ0v) is 11.3. The fourth-order valence-corrected chi connectivity index (χ4v) is 3.57. The van der Waals surface area contributed by atoms with Crippen molar-refractivity contribution >= 4 is 21.8 Å². The number of hydrogen-bond donors (Lipinski definition) is 1. The predicted octanol–water partition coefficient (Wildman–Crippen LogP) is 1.95. The van der Waals surface area contributed by atoms with Crippen LogP contribution in [0.4, 0.5) is 0 Å². The van der Waals surface area contributed by atoms with Gasteiger partial charge in [-0.25, -0.2) is 0 Å². The van der Waals surface area contributed by atoms with Gasteiger partial charge in [0.2, 0.25) is 5.91 Å². The van der Waals surface area contributed by atoms with Crippen LogP contribution in [0.15, 0.2) is 0 Å². The van der Waals surface area contributed by atoms with E-state index in [-0.39, 0.29) is 10.7 Å². The third kappa shape index (κ3) is 2.77. The molecule has 0 aromatic carbocycles. The van der Waals surface area contributed by atoms with Gasteiger partial charge in [-0.2, -0.15) is 0 Å². The minimum absolute atomic E-state index is 0.222. The Kier molecular flexibility index (Phi) is 4.25. The lowest BCUT2D eigenvalue weighted by Crippen LogP contribution is -2.37. The number of fused-ring (bicyclic) bond motifs is 2. The van der Waals surface area contributed by atoms with Crippen LogP contribution in [0.3, 0.4) is 0 Å². The molecule has 4 heteroatoms. The lowest BCUT2D eigenvalue weighted by Gasteiger charge is -2.21. The Morgan fingerprint density at radius 3 is 2.88 bits per heavy atom. The fraction of sp³-hybridized carbons (Fsp3) is 0.917. The number of carbonyl (C=O) groups is 1. The molecule has 4 unspecified atom stereocenters. The van der Waals surface area contributed by atoms with Gasteiger partial charge in [-0.1, -0.05) is 22.4 Å². The van der Waals surface area contributed by atoms with Gasteiger partial charge >= 0.3 is 0 Å². The van der Waals surface area contributed by atoms with Crippen LogP contribution in [0, 0.1) is 17.8 Å². The summed E-state index contributed by atoms with van der Waals surface area (Å²) in [5.74, 6) is 2.05. The summed E-state index contributed by atoms with van der Waals surface area (Å²) >= 11 is 3.48. The Bertz CT molecular complexity index is 259. The first-order valence-electron chi connectivity index (χ1n) is 6.11. The maximum Gasteiger partial charge on any atom is 0.223 e. The summed E-state index contributed by atoms with van der Waals surface area (Å²) in [6.07, 6.45) is 5.01. The minimum atomic E-state index is 0.222. The Hall–Kier alpha value is -0.0900. The van der Waals surface area contributed by atoms with E-state index in [0.29, 0.717) is 25.0 Å². The average Bonchev–Trinajstić information content (AvgIpc) is 2.88. The minimum Gasteiger partial charge on any atom is -0.383 e. The summed E-state index contributed by atoms with van der Waals surface area (Å²) in [7, 11) is 1.67. The molecule has 0 aromatic heterocycles. The van der Waals surface area contributed by atoms with Crippen molar-refractivity contribution < 1.29 is 9.53 Å². The van der Waals surface area contributed by atoms with Crippen LogP contribution < -0.4 is 5.32 Å². The van der Waals surface area contributed by atoms with Gasteiger partial charge in [0.25, 0.3) is 0 Å². The van der Waals surface area contributed by atoms with E-state index < -0.39 is 0 Å². The molecule has 4 atom stereocenters. The number of rotatable bonds is 5. The lowest BCUT2D eigenvalue weighted by molar-refractivity contribution is -0.126. The van der Waals surface area contributed by atoms with Crippen molar-refractivity contribution in [1.82, 2.24) is 5.32 Å². The van der Waals surface area contributed by atoms with Gasteiger partial charge in [-0.3, -0.25) is 4.79 Å². The summed E-state index contributed by atoms with van der Waals surface area (Å²) in [4.78, 5) is 12.2. The van der Waals surface area contributed by atoms with Crippen LogP contribution in [0.5, 0.6) is 0 Å². The van der Waals surface area contributed by atoms with E-state index in [0.717, 1.165) is 12.3 Å². The molecular formula is C12H20BrNO2. The number of ether oxygens (including phenoxy) is 1. The maximum atomic E-state index is 12.0. The zero-order valence-electron chi connectivity index (χ0n) is 9.75. The van der Waals surface area contributed by atoms with Crippen LogP contribution in [-0.2, 0) is 9.53 Å². The van der Waals surface area contributed by atoms with Crippen molar-refractivity contribution in [3.63, 3.8) is 0 Å². The smallest absolute Gasteiger partial charge is 0.223 e. The molecule has 0 aliphatic heterocycles. The molecule has 2 bridgehead atoms. The molecule has 0 heterocycles. The molecule has 0 spiro atoms. The van der Waals surface area contributed by atoms with Gasteiger partial charge < -0.3 is 10.1 Å². The molecule has 2 rings (SSSR count). The molecule has 0 saturated heterocycles. The number of amides is 1. The number of nitrogens with one attached hydrogen (secondary N) is 1. The summed E-state index contributed by atoms with van der Waals surface area (Å²) in [6, 6.07) is 0. The molecule has 1 amide bonds. The molecule has 0 aromatic rings. The summed E-state index contributed by atoms with van der Waals surface area (Å²) in [6.45, 7) is 1.30. The first kappa shape index (κ1) is 12.4. The molecule has 1 N–H and O–H groups in total. The first-order valence-corrected chi connectivity index (χ1v) is 7.03. The standard InChI is InChI=1S/C12H20BrNO2/c1-16-7-10(13)6-14-12(15)11-5-8-2-3-9(11)4-8/h8-11H,2-7H2,1H3,(H,14,15). The highest BCUT2D eigenvalue weighted by atomic mass is 79.9. The summed E-state index contributed by atoms with van der Waals surface area (Å²) in [5.41, 5.74) is 0. The normalized spacial score (nSPS) is 34.0. The van der Waals surface area contributed by atoms with Gasteiger partial charge in [0.05, 0.1) is 11.4 Å². The molecule has 16 heavy (non-hydrogen) atoms. The van der Waals surface area contributed by atoms with Gasteiger partial charge in [0, 0.05) is 19.6 Å². The van der Waals surface area contributed by atoms with Crippen LogP contribution in [0.25, 0.3) is 0 Å². The molecule has 2 fully saturated rings. The second-order valence-corrected chi connectivity index (χ2v) is 6.37. The summed E-state index contributed by atoms with van der Waals surface area (Å²) in [5, 5.41) is 3.03. The monoisotopic (exact) mass is 289 g/mol. The predicted molar refractivity (Wildman–Crippen MR) is 66.5 cm³/mol. The topological polar surface area (TPSA) is 38.3 Å². The number of halogens is 1. The van der Waals surface area contributed by atoms with E-state index in [1.807, 2.05) is 0 Å². The SMILES string of the molecule is COCC(Br)CNC(=O)C1CC2CCC1C2. The highest BCUT2D eigenvalue weighted by Crippen LogP contribution is 2.48. The molecule has 3 nitrogen and oxygen atoms in total. The number of alkyl halides is 1. The second kappa shape index (κ2) is 5.50. The largest absolute Gasteiger partial charge is 0.383 e. The van der Waals surface area contributed by atoms with Crippen molar-refractivity contribution in [3.8, 4) is 0 Å². The van der Waals surface area contributed by atoms with Crippen LogP contribution in [-0.4, -0.2) is 31.0 Å². The van der Waals surface area contributed by atoms with Crippen molar-refractivity contribution in [2.45, 2.75) is 30.5 Å². The van der Waals surface area contributed by atoms with Crippen molar-refractivity contribution in [2.75, 3.05) is 20.3 Å². The molecule has 2 aliphatic carbocycles. The van der Waals surface area contributed by atoms with Gasteiger partial charge in [0.1, 0.15) is 0 Å².